The highest BCUT2D eigenvalue weighted by Crippen LogP contribution is 2.30. The number of nitrogens with zero attached hydrogens (tertiary/aromatic N) is 1. The lowest BCUT2D eigenvalue weighted by molar-refractivity contribution is -0.137. The second-order valence-electron chi connectivity index (χ2n) is 6.83. The predicted molar refractivity (Wildman–Crippen MR) is 114 cm³/mol. The van der Waals surface area contributed by atoms with Crippen LogP contribution in [0, 0.1) is 0 Å². The van der Waals surface area contributed by atoms with Crippen LogP contribution in [0.3, 0.4) is 0 Å². The van der Waals surface area contributed by atoms with E-state index in [1.54, 1.807) is 0 Å². The SMILES string of the molecule is CCc1ccc(N(C/C=C/c2ccccc2)C(=O)c2cccc(C(F)(F)F)c2)cc1. The molecule has 0 aliphatic carbocycles. The number of aryl methyl sites for hydroxylation is 1. The molecule has 0 N–H and O–H groups in total. The van der Waals surface area contributed by atoms with Crippen LogP contribution >= 0.6 is 0 Å². The van der Waals surface area contributed by atoms with E-state index in [9.17, 15) is 18.0 Å². The summed E-state index contributed by atoms with van der Waals surface area (Å²) >= 11 is 0. The molecule has 5 heteroatoms. The van der Waals surface area contributed by atoms with Crippen molar-refractivity contribution in [2.24, 2.45) is 0 Å². The van der Waals surface area contributed by atoms with Gasteiger partial charge in [0, 0.05) is 17.8 Å². The standard InChI is InChI=1S/C25H22F3NO/c1-2-19-13-15-23(16-14-19)29(17-7-10-20-8-4-3-5-9-20)24(30)21-11-6-12-22(18-21)25(26,27)28/h3-16,18H,2,17H2,1H3/b10-7+. The maximum Gasteiger partial charge on any atom is 0.416 e. The molecule has 3 rings (SSSR count). The lowest BCUT2D eigenvalue weighted by atomic mass is 10.1. The molecule has 0 saturated carbocycles. The van der Waals surface area contributed by atoms with E-state index in [1.807, 2.05) is 73.7 Å². The van der Waals surface area contributed by atoms with Crippen LogP contribution < -0.4 is 4.90 Å². The number of hydrogen-bond acceptors (Lipinski definition) is 1. The van der Waals surface area contributed by atoms with E-state index in [0.717, 1.165) is 29.7 Å². The zero-order chi connectivity index (χ0) is 21.6. The maximum atomic E-state index is 13.1. The molecule has 30 heavy (non-hydrogen) atoms. The number of alkyl halides is 3. The van der Waals surface area contributed by atoms with Crippen molar-refractivity contribution in [3.63, 3.8) is 0 Å². The molecule has 0 spiro atoms. The van der Waals surface area contributed by atoms with Gasteiger partial charge in [0.25, 0.3) is 5.91 Å². The van der Waals surface area contributed by atoms with Gasteiger partial charge in [0.05, 0.1) is 5.56 Å². The highest BCUT2D eigenvalue weighted by Gasteiger charge is 2.31. The van der Waals surface area contributed by atoms with E-state index in [0.29, 0.717) is 5.69 Å². The van der Waals surface area contributed by atoms with Gasteiger partial charge in [-0.3, -0.25) is 4.79 Å². The fourth-order valence-electron chi connectivity index (χ4n) is 3.06. The summed E-state index contributed by atoms with van der Waals surface area (Å²) in [4.78, 5) is 14.6. The molecule has 154 valence electrons. The van der Waals surface area contributed by atoms with E-state index in [1.165, 1.54) is 17.0 Å². The molecule has 0 aliphatic heterocycles. The molecule has 0 aliphatic rings. The maximum absolute atomic E-state index is 13.1. The van der Waals surface area contributed by atoms with Gasteiger partial charge in [0.1, 0.15) is 0 Å². The number of carbonyl (C=O) groups excluding carboxylic acids is 1. The Morgan fingerprint density at radius 3 is 2.27 bits per heavy atom. The first-order valence-electron chi connectivity index (χ1n) is 9.68. The summed E-state index contributed by atoms with van der Waals surface area (Å²) in [7, 11) is 0. The summed E-state index contributed by atoms with van der Waals surface area (Å²) in [6.45, 7) is 2.26. The monoisotopic (exact) mass is 409 g/mol. The minimum Gasteiger partial charge on any atom is -0.305 e. The molecule has 2 nitrogen and oxygen atoms in total. The summed E-state index contributed by atoms with van der Waals surface area (Å²) in [6.07, 6.45) is 0.0638. The van der Waals surface area contributed by atoms with Gasteiger partial charge in [-0.2, -0.15) is 13.2 Å². The van der Waals surface area contributed by atoms with Gasteiger partial charge in [0.15, 0.2) is 0 Å². The molecule has 0 aromatic heterocycles. The number of anilines is 1. The highest BCUT2D eigenvalue weighted by atomic mass is 19.4. The van der Waals surface area contributed by atoms with Crippen LogP contribution in [0.1, 0.15) is 34.0 Å². The molecule has 0 radical (unpaired) electrons. The molecule has 0 atom stereocenters. The molecule has 3 aromatic carbocycles. The van der Waals surface area contributed by atoms with E-state index in [-0.39, 0.29) is 12.1 Å². The van der Waals surface area contributed by atoms with Crippen LogP contribution in [0.15, 0.2) is 84.9 Å². The largest absolute Gasteiger partial charge is 0.416 e. The third-order valence-electron chi connectivity index (χ3n) is 4.74. The summed E-state index contributed by atoms with van der Waals surface area (Å²) < 4.78 is 39.3. The second-order valence-corrected chi connectivity index (χ2v) is 6.83. The fourth-order valence-corrected chi connectivity index (χ4v) is 3.06. The van der Waals surface area contributed by atoms with Gasteiger partial charge < -0.3 is 4.90 Å². The van der Waals surface area contributed by atoms with Crippen molar-refractivity contribution in [2.75, 3.05) is 11.4 Å². The average molecular weight is 409 g/mol. The molecule has 3 aromatic rings. The van der Waals surface area contributed by atoms with Crippen LogP contribution in [0.25, 0.3) is 6.08 Å². The van der Waals surface area contributed by atoms with Crippen molar-refractivity contribution in [3.05, 3.63) is 107 Å². The van der Waals surface area contributed by atoms with Crippen LogP contribution in [-0.4, -0.2) is 12.5 Å². The first-order valence-corrected chi connectivity index (χ1v) is 9.68. The van der Waals surface area contributed by atoms with Gasteiger partial charge in [0.2, 0.25) is 0 Å². The Kier molecular flexibility index (Phi) is 6.72. The molecule has 0 heterocycles. The number of rotatable bonds is 6. The normalized spacial score (nSPS) is 11.6. The Morgan fingerprint density at radius 1 is 0.933 bits per heavy atom. The summed E-state index contributed by atoms with van der Waals surface area (Å²) in [6, 6.07) is 21.6. The lowest BCUT2D eigenvalue weighted by Crippen LogP contribution is -2.31. The molecule has 0 saturated heterocycles. The van der Waals surface area contributed by atoms with Crippen LogP contribution in [0.4, 0.5) is 18.9 Å². The third kappa shape index (κ3) is 5.38. The highest BCUT2D eigenvalue weighted by molar-refractivity contribution is 6.06. The number of amides is 1. The zero-order valence-corrected chi connectivity index (χ0v) is 16.6. The van der Waals surface area contributed by atoms with E-state index < -0.39 is 17.6 Å². The molecule has 0 fully saturated rings. The minimum absolute atomic E-state index is 0.00231. The van der Waals surface area contributed by atoms with Gasteiger partial charge in [-0.1, -0.05) is 67.6 Å². The zero-order valence-electron chi connectivity index (χ0n) is 16.6. The topological polar surface area (TPSA) is 20.3 Å². The minimum atomic E-state index is -4.50. The van der Waals surface area contributed by atoms with E-state index >= 15 is 0 Å². The summed E-state index contributed by atoms with van der Waals surface area (Å²) in [5.41, 5.74) is 1.88. The van der Waals surface area contributed by atoms with E-state index in [4.69, 9.17) is 0 Å². The van der Waals surface area contributed by atoms with Gasteiger partial charge in [-0.25, -0.2) is 0 Å². The van der Waals surface area contributed by atoms with Crippen LogP contribution in [0.5, 0.6) is 0 Å². The Labute approximate surface area is 174 Å². The molecular weight excluding hydrogens is 387 g/mol. The number of benzene rings is 3. The van der Waals surface area contributed by atoms with Crippen LogP contribution in [0.2, 0.25) is 0 Å². The lowest BCUT2D eigenvalue weighted by Gasteiger charge is -2.22. The average Bonchev–Trinajstić information content (AvgIpc) is 2.77. The molecule has 0 bridgehead atoms. The van der Waals surface area contributed by atoms with Gasteiger partial charge in [-0.05, 0) is 47.9 Å². The van der Waals surface area contributed by atoms with Crippen molar-refractivity contribution in [1.82, 2.24) is 0 Å². The Morgan fingerprint density at radius 2 is 1.63 bits per heavy atom. The van der Waals surface area contributed by atoms with Crippen LogP contribution in [-0.2, 0) is 12.6 Å². The number of halogens is 3. The Bertz CT molecular complexity index is 1010. The van der Waals surface area contributed by atoms with Crippen molar-refractivity contribution < 1.29 is 18.0 Å². The fraction of sp³-hybridized carbons (Fsp3) is 0.160. The second kappa shape index (κ2) is 9.44. The van der Waals surface area contributed by atoms with Crippen molar-refractivity contribution in [1.29, 1.82) is 0 Å². The van der Waals surface area contributed by atoms with E-state index in [2.05, 4.69) is 0 Å². The summed E-state index contributed by atoms with van der Waals surface area (Å²) in [5, 5.41) is 0. The number of hydrogen-bond donors (Lipinski definition) is 0. The Balaban J connectivity index is 1.91. The Hall–Kier alpha value is -3.34. The van der Waals surface area contributed by atoms with Gasteiger partial charge in [-0.15, -0.1) is 0 Å². The quantitative estimate of drug-likeness (QED) is 0.448. The van der Waals surface area contributed by atoms with Crippen molar-refractivity contribution in [2.45, 2.75) is 19.5 Å². The first-order chi connectivity index (χ1) is 14.4. The predicted octanol–water partition coefficient (Wildman–Crippen LogP) is 6.63. The molecular formula is C25H22F3NO. The van der Waals surface area contributed by atoms with Gasteiger partial charge >= 0.3 is 6.18 Å². The molecule has 0 unspecified atom stereocenters. The molecule has 1 amide bonds. The first kappa shape index (κ1) is 21.4. The van der Waals surface area contributed by atoms with Crippen molar-refractivity contribution >= 4 is 17.7 Å². The van der Waals surface area contributed by atoms with Crippen molar-refractivity contribution in [3.8, 4) is 0 Å². The smallest absolute Gasteiger partial charge is 0.305 e. The number of carbonyl (C=O) groups is 1. The third-order valence-corrected chi connectivity index (χ3v) is 4.74. The summed E-state index contributed by atoms with van der Waals surface area (Å²) in [5.74, 6) is -0.483.